The topological polar surface area (TPSA) is 51.6 Å². The smallest absolute Gasteiger partial charge is 0.193 e. The fraction of sp³-hybridized carbons (Fsp3) is 0.273. The van der Waals surface area contributed by atoms with Crippen molar-refractivity contribution in [3.8, 4) is 0 Å². The molecule has 0 spiro atoms. The van der Waals surface area contributed by atoms with Crippen molar-refractivity contribution in [2.24, 2.45) is 0 Å². The second-order valence-electron chi connectivity index (χ2n) is 3.33. The van der Waals surface area contributed by atoms with Crippen LogP contribution in [-0.2, 0) is 6.42 Å². The quantitative estimate of drug-likeness (QED) is 0.641. The summed E-state index contributed by atoms with van der Waals surface area (Å²) in [6.07, 6.45) is 5.35. The zero-order chi connectivity index (χ0) is 12.1. The highest BCUT2D eigenvalue weighted by atomic mass is 79.9. The van der Waals surface area contributed by atoms with E-state index in [4.69, 9.17) is 0 Å². The van der Waals surface area contributed by atoms with Gasteiger partial charge in [0.1, 0.15) is 15.5 Å². The normalized spacial score (nSPS) is 10.5. The molecule has 0 saturated heterocycles. The molecule has 2 aromatic rings. The molecular formula is C11H11BrN4S. The van der Waals surface area contributed by atoms with Crippen LogP contribution in [0.5, 0.6) is 0 Å². The van der Waals surface area contributed by atoms with Crippen molar-refractivity contribution < 1.29 is 0 Å². The number of nitrogens with zero attached hydrogens (tertiary/aromatic N) is 4. The first-order valence-electron chi connectivity index (χ1n) is 5.26. The Labute approximate surface area is 112 Å². The molecule has 0 aromatic carbocycles. The standard InChI is InChI=1S/C11H11BrN4S/c1-2-4-9-15-8(12)7-10(16-9)17-11-13-5-3-6-14-11/h3,5-7H,2,4H2,1H3. The van der Waals surface area contributed by atoms with Crippen LogP contribution in [-0.4, -0.2) is 19.9 Å². The highest BCUT2D eigenvalue weighted by Gasteiger charge is 2.05. The SMILES string of the molecule is CCCc1nc(Br)cc(Sc2ncccn2)n1. The highest BCUT2D eigenvalue weighted by molar-refractivity contribution is 9.10. The second-order valence-corrected chi connectivity index (χ2v) is 5.13. The molecule has 0 aliphatic heterocycles. The third-order valence-corrected chi connectivity index (χ3v) is 3.15. The van der Waals surface area contributed by atoms with Crippen LogP contribution in [0.15, 0.2) is 39.3 Å². The van der Waals surface area contributed by atoms with Crippen molar-refractivity contribution in [3.05, 3.63) is 35.0 Å². The molecule has 0 radical (unpaired) electrons. The summed E-state index contributed by atoms with van der Waals surface area (Å²) in [7, 11) is 0. The molecule has 88 valence electrons. The van der Waals surface area contributed by atoms with E-state index in [2.05, 4.69) is 42.8 Å². The minimum Gasteiger partial charge on any atom is -0.231 e. The van der Waals surface area contributed by atoms with Gasteiger partial charge < -0.3 is 0 Å². The summed E-state index contributed by atoms with van der Waals surface area (Å²) in [6, 6.07) is 3.67. The number of rotatable bonds is 4. The Morgan fingerprint density at radius 2 is 2.00 bits per heavy atom. The van der Waals surface area contributed by atoms with E-state index in [1.165, 1.54) is 11.8 Å². The van der Waals surface area contributed by atoms with E-state index in [9.17, 15) is 0 Å². The molecule has 0 N–H and O–H groups in total. The predicted molar refractivity (Wildman–Crippen MR) is 69.9 cm³/mol. The van der Waals surface area contributed by atoms with Gasteiger partial charge in [0.25, 0.3) is 0 Å². The minimum absolute atomic E-state index is 0.695. The monoisotopic (exact) mass is 310 g/mol. The maximum absolute atomic E-state index is 4.46. The molecule has 6 heteroatoms. The minimum atomic E-state index is 0.695. The molecule has 0 saturated carbocycles. The summed E-state index contributed by atoms with van der Waals surface area (Å²) >= 11 is 4.83. The molecule has 0 amide bonds. The number of hydrogen-bond donors (Lipinski definition) is 0. The molecule has 4 nitrogen and oxygen atoms in total. The second kappa shape index (κ2) is 6.07. The zero-order valence-electron chi connectivity index (χ0n) is 9.30. The maximum atomic E-state index is 4.46. The van der Waals surface area contributed by atoms with Crippen LogP contribution in [0.2, 0.25) is 0 Å². The molecule has 0 aliphatic rings. The van der Waals surface area contributed by atoms with Crippen molar-refractivity contribution in [1.29, 1.82) is 0 Å². The van der Waals surface area contributed by atoms with Crippen LogP contribution < -0.4 is 0 Å². The van der Waals surface area contributed by atoms with Crippen molar-refractivity contribution in [2.45, 2.75) is 29.9 Å². The van der Waals surface area contributed by atoms with Gasteiger partial charge in [0.15, 0.2) is 5.16 Å². The average Bonchev–Trinajstić information content (AvgIpc) is 2.30. The van der Waals surface area contributed by atoms with Crippen LogP contribution in [0.25, 0.3) is 0 Å². The predicted octanol–water partition coefficient (Wildman–Crippen LogP) is 3.13. The van der Waals surface area contributed by atoms with E-state index in [0.29, 0.717) is 5.16 Å². The fourth-order valence-corrected chi connectivity index (χ4v) is 2.57. The molecule has 0 atom stereocenters. The number of aromatic nitrogens is 4. The molecule has 0 unspecified atom stereocenters. The van der Waals surface area contributed by atoms with Gasteiger partial charge in [0.05, 0.1) is 0 Å². The van der Waals surface area contributed by atoms with Crippen molar-refractivity contribution >= 4 is 27.7 Å². The first-order chi connectivity index (χ1) is 8.28. The van der Waals surface area contributed by atoms with Gasteiger partial charge in [0, 0.05) is 24.9 Å². The summed E-state index contributed by atoms with van der Waals surface area (Å²) in [5.41, 5.74) is 0. The summed E-state index contributed by atoms with van der Waals surface area (Å²) < 4.78 is 0.800. The van der Waals surface area contributed by atoms with Crippen molar-refractivity contribution in [2.75, 3.05) is 0 Å². The van der Waals surface area contributed by atoms with Crippen LogP contribution in [0.3, 0.4) is 0 Å². The summed E-state index contributed by atoms with van der Waals surface area (Å²) in [5.74, 6) is 0.848. The lowest BCUT2D eigenvalue weighted by atomic mass is 10.3. The van der Waals surface area contributed by atoms with Crippen LogP contribution in [0.4, 0.5) is 0 Å². The van der Waals surface area contributed by atoms with Crippen LogP contribution >= 0.6 is 27.7 Å². The van der Waals surface area contributed by atoms with Crippen molar-refractivity contribution in [3.63, 3.8) is 0 Å². The fourth-order valence-electron chi connectivity index (χ4n) is 1.26. The Bertz CT molecular complexity index is 492. The molecule has 2 rings (SSSR count). The number of aryl methyl sites for hydroxylation is 1. The Morgan fingerprint density at radius 3 is 2.71 bits per heavy atom. The van der Waals surface area contributed by atoms with Gasteiger partial charge in [-0.25, -0.2) is 19.9 Å². The third kappa shape index (κ3) is 3.74. The first kappa shape index (κ1) is 12.4. The molecule has 0 bridgehead atoms. The summed E-state index contributed by atoms with van der Waals surface area (Å²) in [6.45, 7) is 2.11. The highest BCUT2D eigenvalue weighted by Crippen LogP contribution is 2.24. The number of hydrogen-bond acceptors (Lipinski definition) is 5. The molecule has 2 aromatic heterocycles. The van der Waals surface area contributed by atoms with E-state index in [-0.39, 0.29) is 0 Å². The van der Waals surface area contributed by atoms with E-state index < -0.39 is 0 Å². The van der Waals surface area contributed by atoms with E-state index >= 15 is 0 Å². The Balaban J connectivity index is 2.21. The third-order valence-electron chi connectivity index (χ3n) is 1.93. The van der Waals surface area contributed by atoms with Gasteiger partial charge in [-0.2, -0.15) is 0 Å². The zero-order valence-corrected chi connectivity index (χ0v) is 11.7. The van der Waals surface area contributed by atoms with E-state index in [0.717, 1.165) is 28.3 Å². The van der Waals surface area contributed by atoms with Gasteiger partial charge in [0.2, 0.25) is 0 Å². The van der Waals surface area contributed by atoms with Crippen LogP contribution in [0.1, 0.15) is 19.2 Å². The van der Waals surface area contributed by atoms with Gasteiger partial charge in [-0.05, 0) is 40.2 Å². The maximum Gasteiger partial charge on any atom is 0.193 e. The molecule has 0 aliphatic carbocycles. The molecule has 2 heterocycles. The van der Waals surface area contributed by atoms with Gasteiger partial charge in [-0.15, -0.1) is 0 Å². The molecule has 17 heavy (non-hydrogen) atoms. The summed E-state index contributed by atoms with van der Waals surface area (Å²) in [5, 5.41) is 1.56. The largest absolute Gasteiger partial charge is 0.231 e. The van der Waals surface area contributed by atoms with Crippen molar-refractivity contribution in [1.82, 2.24) is 19.9 Å². The number of halogens is 1. The molecular weight excluding hydrogens is 300 g/mol. The van der Waals surface area contributed by atoms with Gasteiger partial charge in [-0.3, -0.25) is 0 Å². The van der Waals surface area contributed by atoms with Crippen LogP contribution in [0, 0.1) is 0 Å². The van der Waals surface area contributed by atoms with E-state index in [1.54, 1.807) is 18.5 Å². The first-order valence-corrected chi connectivity index (χ1v) is 6.87. The lowest BCUT2D eigenvalue weighted by Crippen LogP contribution is -1.96. The van der Waals surface area contributed by atoms with Gasteiger partial charge in [-0.1, -0.05) is 6.92 Å². The average molecular weight is 311 g/mol. The molecule has 0 fully saturated rings. The Morgan fingerprint density at radius 1 is 1.24 bits per heavy atom. The Hall–Kier alpha value is -1.01. The lowest BCUT2D eigenvalue weighted by Gasteiger charge is -2.03. The summed E-state index contributed by atoms with van der Waals surface area (Å²) in [4.78, 5) is 17.1. The lowest BCUT2D eigenvalue weighted by molar-refractivity contribution is 0.801. The van der Waals surface area contributed by atoms with Gasteiger partial charge >= 0.3 is 0 Å². The Kier molecular flexibility index (Phi) is 4.44. The van der Waals surface area contributed by atoms with E-state index in [1.807, 2.05) is 6.07 Å².